The Morgan fingerprint density at radius 3 is 2.60 bits per heavy atom. The third-order valence-corrected chi connectivity index (χ3v) is 5.29. The lowest BCUT2D eigenvalue weighted by Crippen LogP contribution is -2.21. The summed E-state index contributed by atoms with van der Waals surface area (Å²) < 4.78 is 0. The molecule has 1 N–H and O–H groups in total. The first kappa shape index (κ1) is 15.8. The van der Waals surface area contributed by atoms with Gasteiger partial charge in [-0.25, -0.2) is 4.98 Å². The second-order valence-electron chi connectivity index (χ2n) is 7.29. The van der Waals surface area contributed by atoms with Crippen LogP contribution in [0.5, 0.6) is 0 Å². The van der Waals surface area contributed by atoms with Gasteiger partial charge in [0.15, 0.2) is 5.13 Å². The van der Waals surface area contributed by atoms with E-state index in [0.29, 0.717) is 0 Å². The van der Waals surface area contributed by atoms with Crippen LogP contribution < -0.4 is 10.2 Å². The highest BCUT2D eigenvalue weighted by atomic mass is 32.1. The minimum Gasteiger partial charge on any atom is -0.348 e. The van der Waals surface area contributed by atoms with Gasteiger partial charge in [-0.05, 0) is 25.3 Å². The van der Waals surface area contributed by atoms with Crippen molar-refractivity contribution in [3.63, 3.8) is 0 Å². The monoisotopic (exact) mass is 295 g/mol. The maximum Gasteiger partial charge on any atom is 0.185 e. The molecule has 1 atom stereocenters. The number of hydrogen-bond acceptors (Lipinski definition) is 4. The number of nitrogens with zero attached hydrogens (tertiary/aromatic N) is 2. The third-order valence-electron chi connectivity index (χ3n) is 4.17. The molecule has 1 aliphatic heterocycles. The predicted molar refractivity (Wildman–Crippen MR) is 88.7 cm³/mol. The molecule has 20 heavy (non-hydrogen) atoms. The molecule has 0 aromatic carbocycles. The zero-order chi connectivity index (χ0) is 14.9. The zero-order valence-corrected chi connectivity index (χ0v) is 14.6. The fourth-order valence-electron chi connectivity index (χ4n) is 2.85. The molecular formula is C16H29N3S. The van der Waals surface area contributed by atoms with Crippen LogP contribution in [0.3, 0.4) is 0 Å². The van der Waals surface area contributed by atoms with E-state index >= 15 is 0 Å². The summed E-state index contributed by atoms with van der Waals surface area (Å²) in [6, 6.07) is 0. The molecule has 2 rings (SSSR count). The average Bonchev–Trinajstić information content (AvgIpc) is 2.93. The van der Waals surface area contributed by atoms with E-state index in [-0.39, 0.29) is 5.41 Å². The van der Waals surface area contributed by atoms with E-state index in [1.807, 2.05) is 18.4 Å². The summed E-state index contributed by atoms with van der Waals surface area (Å²) in [5.74, 6) is 1.60. The van der Waals surface area contributed by atoms with Crippen molar-refractivity contribution in [2.75, 3.05) is 25.0 Å². The van der Waals surface area contributed by atoms with Gasteiger partial charge >= 0.3 is 0 Å². The van der Waals surface area contributed by atoms with Crippen LogP contribution in [0.25, 0.3) is 0 Å². The molecule has 0 bridgehead atoms. The van der Waals surface area contributed by atoms with Crippen molar-refractivity contribution in [2.24, 2.45) is 11.8 Å². The SMILES string of the molecule is CNCc1sc(N2CCC(C(C)C)C2)nc1C(C)(C)C. The zero-order valence-electron chi connectivity index (χ0n) is 13.8. The van der Waals surface area contributed by atoms with Crippen molar-refractivity contribution in [3.05, 3.63) is 10.6 Å². The molecule has 0 amide bonds. The van der Waals surface area contributed by atoms with Gasteiger partial charge in [-0.1, -0.05) is 34.6 Å². The molecule has 1 aromatic heterocycles. The van der Waals surface area contributed by atoms with Gasteiger partial charge in [0, 0.05) is 29.9 Å². The first-order valence-electron chi connectivity index (χ1n) is 7.72. The van der Waals surface area contributed by atoms with Crippen molar-refractivity contribution in [1.82, 2.24) is 10.3 Å². The van der Waals surface area contributed by atoms with Crippen LogP contribution in [-0.4, -0.2) is 25.1 Å². The number of nitrogens with one attached hydrogen (secondary N) is 1. The molecule has 1 aromatic rings. The average molecular weight is 295 g/mol. The fourth-order valence-corrected chi connectivity index (χ4v) is 4.16. The molecule has 114 valence electrons. The van der Waals surface area contributed by atoms with Gasteiger partial charge in [-0.2, -0.15) is 0 Å². The van der Waals surface area contributed by atoms with Gasteiger partial charge in [0.1, 0.15) is 0 Å². The molecule has 1 aliphatic rings. The molecule has 3 nitrogen and oxygen atoms in total. The lowest BCUT2D eigenvalue weighted by atomic mass is 9.91. The quantitative estimate of drug-likeness (QED) is 0.919. The minimum atomic E-state index is 0.123. The first-order valence-corrected chi connectivity index (χ1v) is 8.54. The van der Waals surface area contributed by atoms with Crippen molar-refractivity contribution >= 4 is 16.5 Å². The Kier molecular flexibility index (Phi) is 4.75. The van der Waals surface area contributed by atoms with Crippen molar-refractivity contribution in [1.29, 1.82) is 0 Å². The van der Waals surface area contributed by atoms with E-state index in [1.165, 1.54) is 35.2 Å². The van der Waals surface area contributed by atoms with Crippen molar-refractivity contribution < 1.29 is 0 Å². The van der Waals surface area contributed by atoms with Crippen LogP contribution >= 0.6 is 11.3 Å². The highest BCUT2D eigenvalue weighted by Gasteiger charge is 2.29. The van der Waals surface area contributed by atoms with Crippen LogP contribution in [0.15, 0.2) is 0 Å². The van der Waals surface area contributed by atoms with Gasteiger partial charge in [0.2, 0.25) is 0 Å². The van der Waals surface area contributed by atoms with Gasteiger partial charge < -0.3 is 10.2 Å². The molecular weight excluding hydrogens is 266 g/mol. The highest BCUT2D eigenvalue weighted by Crippen LogP contribution is 2.36. The van der Waals surface area contributed by atoms with Crippen LogP contribution in [0.2, 0.25) is 0 Å². The minimum absolute atomic E-state index is 0.123. The molecule has 1 saturated heterocycles. The Balaban J connectivity index is 2.21. The van der Waals surface area contributed by atoms with Gasteiger partial charge in [-0.15, -0.1) is 11.3 Å². The summed E-state index contributed by atoms with van der Waals surface area (Å²) in [5.41, 5.74) is 1.39. The Labute approximate surface area is 127 Å². The predicted octanol–water partition coefficient (Wildman–Crippen LogP) is 3.64. The van der Waals surface area contributed by atoms with E-state index in [0.717, 1.165) is 18.4 Å². The lowest BCUT2D eigenvalue weighted by Gasteiger charge is -2.18. The molecule has 0 radical (unpaired) electrons. The Morgan fingerprint density at radius 1 is 1.40 bits per heavy atom. The van der Waals surface area contributed by atoms with Crippen LogP contribution in [0.1, 0.15) is 51.6 Å². The summed E-state index contributed by atoms with van der Waals surface area (Å²) in [6.07, 6.45) is 1.31. The maximum atomic E-state index is 4.98. The summed E-state index contributed by atoms with van der Waals surface area (Å²) in [5, 5.41) is 4.50. The van der Waals surface area contributed by atoms with Crippen LogP contribution in [0.4, 0.5) is 5.13 Å². The largest absolute Gasteiger partial charge is 0.348 e. The molecule has 0 spiro atoms. The molecule has 1 fully saturated rings. The third kappa shape index (κ3) is 3.34. The molecule has 1 unspecified atom stereocenters. The summed E-state index contributed by atoms with van der Waals surface area (Å²) in [6.45, 7) is 14.7. The van der Waals surface area contributed by atoms with Crippen LogP contribution in [0, 0.1) is 11.8 Å². The van der Waals surface area contributed by atoms with E-state index in [2.05, 4.69) is 44.8 Å². The maximum absolute atomic E-state index is 4.98. The Morgan fingerprint density at radius 2 is 2.10 bits per heavy atom. The van der Waals surface area contributed by atoms with E-state index < -0.39 is 0 Å². The fraction of sp³-hybridized carbons (Fsp3) is 0.812. The second-order valence-corrected chi connectivity index (χ2v) is 8.35. The number of anilines is 1. The number of aromatic nitrogens is 1. The molecule has 0 aliphatic carbocycles. The molecule has 2 heterocycles. The van der Waals surface area contributed by atoms with E-state index in [9.17, 15) is 0 Å². The van der Waals surface area contributed by atoms with E-state index in [1.54, 1.807) is 0 Å². The lowest BCUT2D eigenvalue weighted by molar-refractivity contribution is 0.422. The van der Waals surface area contributed by atoms with Gasteiger partial charge in [0.05, 0.1) is 5.69 Å². The second kappa shape index (κ2) is 6.02. The summed E-state index contributed by atoms with van der Waals surface area (Å²) >= 11 is 1.87. The van der Waals surface area contributed by atoms with Crippen molar-refractivity contribution in [3.8, 4) is 0 Å². The van der Waals surface area contributed by atoms with Gasteiger partial charge in [-0.3, -0.25) is 0 Å². The Hall–Kier alpha value is -0.610. The molecule has 4 heteroatoms. The first-order chi connectivity index (χ1) is 9.32. The number of thiazole rings is 1. The van der Waals surface area contributed by atoms with E-state index in [4.69, 9.17) is 4.98 Å². The summed E-state index contributed by atoms with van der Waals surface area (Å²) in [4.78, 5) is 8.86. The molecule has 0 saturated carbocycles. The summed E-state index contributed by atoms with van der Waals surface area (Å²) in [7, 11) is 2.01. The Bertz CT molecular complexity index is 445. The highest BCUT2D eigenvalue weighted by molar-refractivity contribution is 7.15. The smallest absolute Gasteiger partial charge is 0.185 e. The number of rotatable bonds is 4. The number of hydrogen-bond donors (Lipinski definition) is 1. The van der Waals surface area contributed by atoms with Gasteiger partial charge in [0.25, 0.3) is 0 Å². The normalized spacial score (nSPS) is 20.1. The topological polar surface area (TPSA) is 28.2 Å². The van der Waals surface area contributed by atoms with Crippen molar-refractivity contribution in [2.45, 2.75) is 53.0 Å². The van der Waals surface area contributed by atoms with Crippen LogP contribution in [-0.2, 0) is 12.0 Å². The standard InChI is InChI=1S/C16H29N3S/c1-11(2)12-7-8-19(10-12)15-18-14(16(3,4)5)13(20-15)9-17-6/h11-12,17H,7-10H2,1-6H3.